The normalized spacial score (nSPS) is 18.8. The third kappa shape index (κ3) is 8.62. The monoisotopic (exact) mass is 764 g/mol. The van der Waals surface area contributed by atoms with Crippen LogP contribution < -0.4 is 19.5 Å². The van der Waals surface area contributed by atoms with Crippen molar-refractivity contribution in [3.63, 3.8) is 0 Å². The Morgan fingerprint density at radius 1 is 0.925 bits per heavy atom. The molecule has 0 aliphatic carbocycles. The van der Waals surface area contributed by atoms with Crippen LogP contribution in [0.25, 0.3) is 0 Å². The van der Waals surface area contributed by atoms with Crippen molar-refractivity contribution < 1.29 is 48.4 Å². The summed E-state index contributed by atoms with van der Waals surface area (Å²) in [5.41, 5.74) is 2.25. The van der Waals surface area contributed by atoms with Crippen molar-refractivity contribution in [3.05, 3.63) is 123 Å². The third-order valence-corrected chi connectivity index (χ3v) is 10.6. The molecule has 3 aromatic carbocycles. The standard InChI is InChI=1S/C39H39Cl2N3O9/c1-50-32-12-11-25(17-33(32)51-2)28(18-29-30(40)19-44(49)20-31(29)41)35-26(9-6-10-27(35)37(45)46)22-52-39(48)42-36(24-7-4-3-5-8-24)38(47)53-34-21-43-15-13-23(34)14-16-43/h3-12,17,19-20,23,28,34,36H,13-16,18,21-22H2,1-2H3,(H2-,42,45,46,48,49)/p+1/t28?,34-,36?/m0/s1. The highest BCUT2D eigenvalue weighted by Gasteiger charge is 2.38. The second-order valence-electron chi connectivity index (χ2n) is 13.0. The van der Waals surface area contributed by atoms with Crippen LogP contribution in [-0.2, 0) is 27.3 Å². The van der Waals surface area contributed by atoms with E-state index >= 15 is 0 Å². The number of nitrogens with zero attached hydrogens (tertiary/aromatic N) is 2. The van der Waals surface area contributed by atoms with Gasteiger partial charge >= 0.3 is 18.0 Å². The first-order valence-corrected chi connectivity index (χ1v) is 17.9. The highest BCUT2D eigenvalue weighted by atomic mass is 35.5. The lowest BCUT2D eigenvalue weighted by Gasteiger charge is -2.44. The van der Waals surface area contributed by atoms with E-state index in [1.165, 1.54) is 32.7 Å². The highest BCUT2D eigenvalue weighted by Crippen LogP contribution is 2.40. The van der Waals surface area contributed by atoms with Gasteiger partial charge in [-0.15, -0.1) is 0 Å². The second-order valence-corrected chi connectivity index (χ2v) is 13.9. The van der Waals surface area contributed by atoms with Crippen LogP contribution in [0.5, 0.6) is 11.5 Å². The molecule has 278 valence electrons. The number of piperidine rings is 3. The fourth-order valence-electron chi connectivity index (χ4n) is 7.22. The van der Waals surface area contributed by atoms with Gasteiger partial charge in [-0.2, -0.15) is 0 Å². The minimum absolute atomic E-state index is 0.0463. The molecule has 3 N–H and O–H groups in total. The SMILES string of the molecule is COc1ccc(C(Cc2c(Cl)c[n+](O)cc2Cl)c2c(COC(=O)NC(C(=O)O[C@H]3CN4CCC3CC4)c3ccccc3)cccc2C(=O)O)cc1OC. The maximum atomic E-state index is 13.6. The van der Waals surface area contributed by atoms with Gasteiger partial charge in [-0.1, -0.05) is 71.7 Å². The average Bonchev–Trinajstić information content (AvgIpc) is 3.16. The molecule has 53 heavy (non-hydrogen) atoms. The summed E-state index contributed by atoms with van der Waals surface area (Å²) >= 11 is 13.1. The fraction of sp³-hybridized carbons (Fsp3) is 0.333. The number of carboxylic acids is 1. The summed E-state index contributed by atoms with van der Waals surface area (Å²) in [6, 6.07) is 17.5. The molecule has 3 aliphatic heterocycles. The summed E-state index contributed by atoms with van der Waals surface area (Å²) in [5.74, 6) is -1.41. The fourth-order valence-corrected chi connectivity index (χ4v) is 7.83. The number of hydrogen-bond donors (Lipinski definition) is 3. The number of nitrogens with one attached hydrogen (secondary N) is 1. The van der Waals surface area contributed by atoms with Crippen LogP contribution in [-0.4, -0.2) is 73.2 Å². The van der Waals surface area contributed by atoms with Crippen molar-refractivity contribution in [3.8, 4) is 11.5 Å². The molecule has 3 fully saturated rings. The number of methoxy groups -OCH3 is 2. The number of amides is 1. The van der Waals surface area contributed by atoms with Crippen LogP contribution in [0.15, 0.2) is 79.1 Å². The molecule has 2 bridgehead atoms. The molecule has 3 saturated heterocycles. The van der Waals surface area contributed by atoms with Crippen LogP contribution in [0.1, 0.15) is 63.0 Å². The summed E-state index contributed by atoms with van der Waals surface area (Å²) in [7, 11) is 2.99. The van der Waals surface area contributed by atoms with Gasteiger partial charge in [0.05, 0.1) is 19.8 Å². The zero-order chi connectivity index (χ0) is 37.6. The minimum Gasteiger partial charge on any atom is -0.493 e. The number of hydrogen-bond acceptors (Lipinski definition) is 9. The summed E-state index contributed by atoms with van der Waals surface area (Å²) in [5, 5.41) is 23.4. The number of carbonyl (C=O) groups excluding carboxylic acids is 2. The number of benzene rings is 3. The van der Waals surface area contributed by atoms with E-state index < -0.39 is 30.0 Å². The number of pyridine rings is 1. The Hall–Kier alpha value is -5.04. The highest BCUT2D eigenvalue weighted by molar-refractivity contribution is 6.35. The van der Waals surface area contributed by atoms with Crippen LogP contribution in [0.3, 0.4) is 0 Å². The number of carboxylic acid groups (broad SMARTS) is 1. The minimum atomic E-state index is -1.21. The predicted molar refractivity (Wildman–Crippen MR) is 194 cm³/mol. The predicted octanol–water partition coefficient (Wildman–Crippen LogP) is 6.21. The van der Waals surface area contributed by atoms with Crippen LogP contribution in [0.2, 0.25) is 10.0 Å². The smallest absolute Gasteiger partial charge is 0.408 e. The van der Waals surface area contributed by atoms with Crippen LogP contribution >= 0.6 is 23.2 Å². The quantitative estimate of drug-likeness (QED) is 0.0816. The van der Waals surface area contributed by atoms with Crippen molar-refractivity contribution >= 4 is 41.2 Å². The van der Waals surface area contributed by atoms with Gasteiger partial charge in [0, 0.05) is 22.8 Å². The van der Waals surface area contributed by atoms with Crippen molar-refractivity contribution in [2.75, 3.05) is 33.9 Å². The molecule has 2 unspecified atom stereocenters. The average molecular weight is 766 g/mol. The summed E-state index contributed by atoms with van der Waals surface area (Å²) in [6.45, 7) is 2.27. The van der Waals surface area contributed by atoms with Gasteiger partial charge < -0.3 is 29.4 Å². The van der Waals surface area contributed by atoms with E-state index in [-0.39, 0.29) is 40.7 Å². The Bertz CT molecular complexity index is 1950. The van der Waals surface area contributed by atoms with E-state index in [4.69, 9.17) is 42.1 Å². The maximum Gasteiger partial charge on any atom is 0.408 e. The van der Waals surface area contributed by atoms with Gasteiger partial charge in [-0.25, -0.2) is 14.4 Å². The number of alkyl carbamates (subject to hydrolysis) is 1. The Morgan fingerprint density at radius 3 is 2.25 bits per heavy atom. The number of halogens is 2. The second kappa shape index (κ2) is 16.7. The molecule has 12 nitrogen and oxygen atoms in total. The molecule has 0 radical (unpaired) electrons. The lowest BCUT2D eigenvalue weighted by atomic mass is 9.81. The summed E-state index contributed by atoms with van der Waals surface area (Å²) in [6.07, 6.45) is 3.37. The Morgan fingerprint density at radius 2 is 1.62 bits per heavy atom. The molecule has 0 spiro atoms. The molecular weight excluding hydrogens is 725 g/mol. The molecule has 4 aromatic rings. The van der Waals surface area contributed by atoms with E-state index in [0.717, 1.165) is 30.7 Å². The molecule has 14 heteroatoms. The van der Waals surface area contributed by atoms with Crippen LogP contribution in [0.4, 0.5) is 4.79 Å². The van der Waals surface area contributed by atoms with E-state index in [2.05, 4.69) is 10.2 Å². The molecule has 3 aliphatic rings. The first kappa shape index (κ1) is 37.7. The number of ether oxygens (including phenoxy) is 4. The van der Waals surface area contributed by atoms with Crippen molar-refractivity contribution in [1.82, 2.24) is 10.2 Å². The number of esters is 1. The molecule has 1 aromatic heterocycles. The van der Waals surface area contributed by atoms with Crippen LogP contribution in [0, 0.1) is 5.92 Å². The van der Waals surface area contributed by atoms with E-state index in [0.29, 0.717) is 45.9 Å². The van der Waals surface area contributed by atoms with E-state index in [1.54, 1.807) is 60.7 Å². The number of carbonyl (C=O) groups is 3. The Labute approximate surface area is 316 Å². The Kier molecular flexibility index (Phi) is 11.9. The van der Waals surface area contributed by atoms with Gasteiger partial charge in [0.1, 0.15) is 22.8 Å². The first-order chi connectivity index (χ1) is 25.6. The number of rotatable bonds is 13. The molecule has 7 rings (SSSR count). The number of aromatic nitrogens is 1. The van der Waals surface area contributed by atoms with E-state index in [9.17, 15) is 24.7 Å². The lowest BCUT2D eigenvalue weighted by molar-refractivity contribution is -0.904. The third-order valence-electron chi connectivity index (χ3n) is 9.91. The van der Waals surface area contributed by atoms with Crippen molar-refractivity contribution in [2.24, 2.45) is 5.92 Å². The van der Waals surface area contributed by atoms with Gasteiger partial charge in [0.2, 0.25) is 12.4 Å². The molecule has 3 atom stereocenters. The topological polar surface area (TPSA) is 148 Å². The summed E-state index contributed by atoms with van der Waals surface area (Å²) < 4.78 is 23.5. The van der Waals surface area contributed by atoms with Crippen molar-refractivity contribution in [1.29, 1.82) is 0 Å². The van der Waals surface area contributed by atoms with Gasteiger partial charge in [-0.3, -0.25) is 10.1 Å². The first-order valence-electron chi connectivity index (χ1n) is 17.1. The van der Waals surface area contributed by atoms with Gasteiger partial charge in [0.15, 0.2) is 17.5 Å². The summed E-state index contributed by atoms with van der Waals surface area (Å²) in [4.78, 5) is 42.2. The lowest BCUT2D eigenvalue weighted by Crippen LogP contribution is -2.52. The van der Waals surface area contributed by atoms with Gasteiger partial charge in [0.25, 0.3) is 0 Å². The largest absolute Gasteiger partial charge is 0.493 e. The zero-order valence-electron chi connectivity index (χ0n) is 29.2. The van der Waals surface area contributed by atoms with Crippen molar-refractivity contribution in [2.45, 2.75) is 43.9 Å². The molecule has 1 amide bonds. The Balaban J connectivity index is 1.31. The van der Waals surface area contributed by atoms with Gasteiger partial charge in [-0.05, 0) is 78.7 Å². The zero-order valence-corrected chi connectivity index (χ0v) is 30.7. The number of fused-ring (bicyclic) bond motifs is 3. The molecular formula is C39H40Cl2N3O9+. The number of aromatic carboxylic acids is 1. The molecule has 4 heterocycles. The van der Waals surface area contributed by atoms with E-state index in [1.807, 2.05) is 0 Å². The maximum absolute atomic E-state index is 13.6. The molecule has 0 saturated carbocycles.